The first-order chi connectivity index (χ1) is 15.1. The molecule has 0 bridgehead atoms. The van der Waals surface area contributed by atoms with E-state index in [4.69, 9.17) is 4.98 Å². The molecule has 0 aliphatic carbocycles. The number of rotatable bonds is 4. The van der Waals surface area contributed by atoms with Gasteiger partial charge in [0.1, 0.15) is 12.0 Å². The van der Waals surface area contributed by atoms with E-state index in [-0.39, 0.29) is 0 Å². The number of hydrogen-bond donors (Lipinski definition) is 1. The summed E-state index contributed by atoms with van der Waals surface area (Å²) in [6.07, 6.45) is 3.42. The zero-order chi connectivity index (χ0) is 21.4. The number of anilines is 2. The molecular formula is C23H18N8. The van der Waals surface area contributed by atoms with Gasteiger partial charge in [-0.2, -0.15) is 10.4 Å². The molecule has 8 nitrogen and oxygen atoms in total. The maximum Gasteiger partial charge on any atom is 0.208 e. The van der Waals surface area contributed by atoms with Crippen LogP contribution >= 0.6 is 0 Å². The summed E-state index contributed by atoms with van der Waals surface area (Å²) in [4.78, 5) is 19.1. The Morgan fingerprint density at radius 1 is 1.06 bits per heavy atom. The molecule has 0 saturated heterocycles. The summed E-state index contributed by atoms with van der Waals surface area (Å²) in [7, 11) is 1.91. The monoisotopic (exact) mass is 406 g/mol. The molecule has 0 unspecified atom stereocenters. The van der Waals surface area contributed by atoms with Crippen LogP contribution in [0.5, 0.6) is 0 Å². The van der Waals surface area contributed by atoms with Gasteiger partial charge in [0.15, 0.2) is 5.65 Å². The van der Waals surface area contributed by atoms with Crippen LogP contribution in [0.2, 0.25) is 0 Å². The van der Waals surface area contributed by atoms with Crippen molar-refractivity contribution in [3.63, 3.8) is 0 Å². The van der Waals surface area contributed by atoms with Crippen LogP contribution in [0, 0.1) is 18.3 Å². The number of hydrogen-bond acceptors (Lipinski definition) is 6. The molecule has 150 valence electrons. The number of nitrogens with one attached hydrogen (secondary N) is 1. The van der Waals surface area contributed by atoms with Crippen LogP contribution in [-0.2, 0) is 0 Å². The van der Waals surface area contributed by atoms with Crippen molar-refractivity contribution in [2.45, 2.75) is 6.92 Å². The smallest absolute Gasteiger partial charge is 0.208 e. The van der Waals surface area contributed by atoms with E-state index >= 15 is 0 Å². The van der Waals surface area contributed by atoms with Crippen LogP contribution in [0.4, 0.5) is 11.6 Å². The van der Waals surface area contributed by atoms with Crippen LogP contribution in [0.3, 0.4) is 0 Å². The van der Waals surface area contributed by atoms with Gasteiger partial charge in [0.2, 0.25) is 5.95 Å². The average molecular weight is 406 g/mol. The van der Waals surface area contributed by atoms with Gasteiger partial charge in [-0.25, -0.2) is 14.5 Å². The zero-order valence-electron chi connectivity index (χ0n) is 17.0. The fourth-order valence-corrected chi connectivity index (χ4v) is 3.46. The molecular weight excluding hydrogens is 388 g/mol. The van der Waals surface area contributed by atoms with E-state index < -0.39 is 0 Å². The minimum atomic E-state index is 0.591. The summed E-state index contributed by atoms with van der Waals surface area (Å²) in [6.45, 7) is 1.96. The van der Waals surface area contributed by atoms with Gasteiger partial charge in [0.05, 0.1) is 23.0 Å². The fourth-order valence-electron chi connectivity index (χ4n) is 3.46. The van der Waals surface area contributed by atoms with Crippen molar-refractivity contribution >= 4 is 17.3 Å². The van der Waals surface area contributed by atoms with Crippen LogP contribution in [0.25, 0.3) is 28.3 Å². The first kappa shape index (κ1) is 18.5. The molecule has 0 aliphatic rings. The van der Waals surface area contributed by atoms with Crippen LogP contribution in [0.15, 0.2) is 67.1 Å². The summed E-state index contributed by atoms with van der Waals surface area (Å²) in [5, 5.41) is 13.5. The van der Waals surface area contributed by atoms with Crippen molar-refractivity contribution in [2.75, 3.05) is 11.9 Å². The summed E-state index contributed by atoms with van der Waals surface area (Å²) in [6, 6.07) is 19.4. The molecule has 4 aromatic heterocycles. The van der Waals surface area contributed by atoms with E-state index in [9.17, 15) is 5.26 Å². The van der Waals surface area contributed by atoms with E-state index in [1.165, 1.54) is 6.33 Å². The Morgan fingerprint density at radius 3 is 2.77 bits per heavy atom. The largest absolute Gasteiger partial charge is 0.322 e. The lowest BCUT2D eigenvalue weighted by Gasteiger charge is -2.16. The highest BCUT2D eigenvalue weighted by Gasteiger charge is 2.19. The average Bonchev–Trinajstić information content (AvgIpc) is 3.45. The van der Waals surface area contributed by atoms with Crippen LogP contribution < -0.4 is 4.90 Å². The van der Waals surface area contributed by atoms with E-state index in [1.54, 1.807) is 10.6 Å². The third-order valence-electron chi connectivity index (χ3n) is 5.06. The Balaban J connectivity index is 1.67. The van der Waals surface area contributed by atoms with Gasteiger partial charge in [0, 0.05) is 30.2 Å². The van der Waals surface area contributed by atoms with Crippen molar-refractivity contribution in [2.24, 2.45) is 0 Å². The number of H-pyrrole nitrogens is 1. The molecule has 4 heterocycles. The number of imidazole rings is 1. The van der Waals surface area contributed by atoms with Gasteiger partial charge in [-0.1, -0.05) is 12.1 Å². The Bertz CT molecular complexity index is 1440. The van der Waals surface area contributed by atoms with Gasteiger partial charge in [0.25, 0.3) is 0 Å². The van der Waals surface area contributed by atoms with Crippen molar-refractivity contribution in [1.29, 1.82) is 5.26 Å². The summed E-state index contributed by atoms with van der Waals surface area (Å²) < 4.78 is 1.72. The highest BCUT2D eigenvalue weighted by Crippen LogP contribution is 2.33. The second-order valence-electron chi connectivity index (χ2n) is 7.15. The lowest BCUT2D eigenvalue weighted by Crippen LogP contribution is -2.11. The number of aromatic amines is 1. The second-order valence-corrected chi connectivity index (χ2v) is 7.15. The molecule has 0 aliphatic heterocycles. The normalized spacial score (nSPS) is 10.9. The lowest BCUT2D eigenvalue weighted by atomic mass is 10.1. The number of nitriles is 1. The molecule has 0 amide bonds. The molecule has 31 heavy (non-hydrogen) atoms. The van der Waals surface area contributed by atoms with E-state index in [0.29, 0.717) is 11.5 Å². The number of aryl methyl sites for hydroxylation is 1. The Hall–Kier alpha value is -4.51. The lowest BCUT2D eigenvalue weighted by molar-refractivity contribution is 0.962. The van der Waals surface area contributed by atoms with E-state index in [0.717, 1.165) is 39.7 Å². The molecule has 0 spiro atoms. The Morgan fingerprint density at radius 2 is 1.94 bits per heavy atom. The van der Waals surface area contributed by atoms with Gasteiger partial charge in [-0.15, -0.1) is 0 Å². The molecule has 0 saturated carbocycles. The van der Waals surface area contributed by atoms with Gasteiger partial charge in [-0.3, -0.25) is 4.98 Å². The molecule has 0 radical (unpaired) electrons. The Kier molecular flexibility index (Phi) is 4.41. The Labute approximate surface area is 178 Å². The van der Waals surface area contributed by atoms with Crippen LogP contribution in [-0.4, -0.2) is 36.6 Å². The van der Waals surface area contributed by atoms with Gasteiger partial charge >= 0.3 is 0 Å². The van der Waals surface area contributed by atoms with E-state index in [2.05, 4.69) is 26.1 Å². The van der Waals surface area contributed by atoms with Crippen molar-refractivity contribution in [3.8, 4) is 28.7 Å². The van der Waals surface area contributed by atoms with Crippen molar-refractivity contribution < 1.29 is 0 Å². The summed E-state index contributed by atoms with van der Waals surface area (Å²) in [5.74, 6) is 0.641. The number of benzene rings is 1. The first-order valence-electron chi connectivity index (χ1n) is 9.70. The third-order valence-corrected chi connectivity index (χ3v) is 5.06. The summed E-state index contributed by atoms with van der Waals surface area (Å²) in [5.41, 5.74) is 6.38. The standard InChI is InChI=1S/C23H18N8/c1-15-5-3-8-19(27-15)22-21(17-9-10-20-25-14-26-31(20)13-17)28-23(29-22)30(2)18-7-4-6-16(11-18)12-24/h3-11,13-14H,1-2H3,(H,28,29). The number of nitrogens with zero attached hydrogens (tertiary/aromatic N) is 7. The molecule has 0 atom stereocenters. The maximum atomic E-state index is 9.24. The molecule has 1 aromatic carbocycles. The SMILES string of the molecule is Cc1cccc(-c2[nH]c(N(C)c3cccc(C#N)c3)nc2-c2ccc3ncnn3c2)n1. The quantitative estimate of drug-likeness (QED) is 0.482. The topological polar surface area (TPSA) is 98.8 Å². The van der Waals surface area contributed by atoms with Gasteiger partial charge in [-0.05, 0) is 49.4 Å². The molecule has 5 aromatic rings. The van der Waals surface area contributed by atoms with Crippen LogP contribution in [0.1, 0.15) is 11.3 Å². The van der Waals surface area contributed by atoms with E-state index in [1.807, 2.05) is 73.6 Å². The number of fused-ring (bicyclic) bond motifs is 1. The number of pyridine rings is 2. The highest BCUT2D eigenvalue weighted by atomic mass is 15.3. The minimum Gasteiger partial charge on any atom is -0.322 e. The second kappa shape index (κ2) is 7.39. The molecule has 5 rings (SSSR count). The molecule has 8 heteroatoms. The summed E-state index contributed by atoms with van der Waals surface area (Å²) >= 11 is 0. The zero-order valence-corrected chi connectivity index (χ0v) is 17.0. The van der Waals surface area contributed by atoms with Crippen molar-refractivity contribution in [1.82, 2.24) is 29.5 Å². The predicted molar refractivity (Wildman–Crippen MR) is 118 cm³/mol. The molecule has 0 fully saturated rings. The third kappa shape index (κ3) is 3.38. The van der Waals surface area contributed by atoms with Gasteiger partial charge < -0.3 is 9.88 Å². The van der Waals surface area contributed by atoms with Crippen molar-refractivity contribution in [3.05, 3.63) is 78.4 Å². The predicted octanol–water partition coefficient (Wildman–Crippen LogP) is 4.13. The highest BCUT2D eigenvalue weighted by molar-refractivity contribution is 5.79. The first-order valence-corrected chi connectivity index (χ1v) is 9.70. The fraction of sp³-hybridized carbons (Fsp3) is 0.0870. The number of aromatic nitrogens is 6. The minimum absolute atomic E-state index is 0.591. The molecule has 1 N–H and O–H groups in total. The maximum absolute atomic E-state index is 9.24.